The molecule has 68 valence electrons. The summed E-state index contributed by atoms with van der Waals surface area (Å²) in [6.45, 7) is 0. The van der Waals surface area contributed by atoms with E-state index < -0.39 is 5.97 Å². The summed E-state index contributed by atoms with van der Waals surface area (Å²) in [5, 5.41) is 8.43. The number of aliphatic carboxylic acids is 1. The van der Waals surface area contributed by atoms with E-state index in [2.05, 4.69) is 0 Å². The molecule has 0 aromatic rings. The molecule has 0 amide bonds. The van der Waals surface area contributed by atoms with Gasteiger partial charge >= 0.3 is 5.97 Å². The van der Waals surface area contributed by atoms with Crippen molar-refractivity contribution in [2.75, 3.05) is 0 Å². The maximum Gasteiger partial charge on any atom is 0.327 e. The van der Waals surface area contributed by atoms with Gasteiger partial charge in [-0.3, -0.25) is 0 Å². The van der Waals surface area contributed by atoms with Crippen LogP contribution in [0.5, 0.6) is 0 Å². The summed E-state index contributed by atoms with van der Waals surface area (Å²) in [5.74, 6) is -0.303. The first-order valence-electron chi connectivity index (χ1n) is 4.70. The predicted octanol–water partition coefficient (Wildman–Crippen LogP) is 2.60. The quantitative estimate of drug-likeness (QED) is 0.508. The minimum Gasteiger partial charge on any atom is -0.478 e. The van der Waals surface area contributed by atoms with Gasteiger partial charge in [0.15, 0.2) is 0 Å². The highest BCUT2D eigenvalue weighted by atomic mass is 16.4. The van der Waals surface area contributed by atoms with Gasteiger partial charge in [-0.2, -0.15) is 0 Å². The number of hydrogen-bond acceptors (Lipinski definition) is 1. The first-order valence-corrected chi connectivity index (χ1v) is 4.70. The lowest BCUT2D eigenvalue weighted by Gasteiger charge is -2.06. The highest BCUT2D eigenvalue weighted by Crippen LogP contribution is 2.23. The molecule has 0 radical (unpaired) electrons. The van der Waals surface area contributed by atoms with Gasteiger partial charge in [-0.15, -0.1) is 0 Å². The molecule has 2 nitrogen and oxygen atoms in total. The van der Waals surface area contributed by atoms with Crippen LogP contribution in [0, 0.1) is 5.92 Å². The summed E-state index contributed by atoms with van der Waals surface area (Å²) in [6, 6.07) is 0. The van der Waals surface area contributed by atoms with Crippen molar-refractivity contribution in [3.05, 3.63) is 12.2 Å². The molecule has 0 unspecified atom stereocenters. The monoisotopic (exact) mass is 168 g/mol. The van der Waals surface area contributed by atoms with Crippen LogP contribution in [0.4, 0.5) is 0 Å². The molecule has 1 aliphatic carbocycles. The van der Waals surface area contributed by atoms with Crippen LogP contribution >= 0.6 is 0 Å². The maximum atomic E-state index is 10.2. The fourth-order valence-corrected chi connectivity index (χ4v) is 1.72. The topological polar surface area (TPSA) is 37.3 Å². The molecule has 0 atom stereocenters. The Bertz CT molecular complexity index is 165. The molecular weight excluding hydrogens is 152 g/mol. The first-order chi connectivity index (χ1) is 5.79. The molecule has 0 aromatic heterocycles. The molecule has 1 fully saturated rings. The van der Waals surface area contributed by atoms with Gasteiger partial charge in [0.05, 0.1) is 0 Å². The van der Waals surface area contributed by atoms with Crippen LogP contribution in [0.3, 0.4) is 0 Å². The van der Waals surface area contributed by atoms with Crippen molar-refractivity contribution < 1.29 is 9.90 Å². The van der Waals surface area contributed by atoms with Crippen LogP contribution < -0.4 is 0 Å². The van der Waals surface area contributed by atoms with Crippen LogP contribution in [0.1, 0.15) is 38.5 Å². The summed E-state index contributed by atoms with van der Waals surface area (Å²) < 4.78 is 0. The summed E-state index contributed by atoms with van der Waals surface area (Å²) in [4.78, 5) is 10.2. The van der Waals surface area contributed by atoms with Crippen molar-refractivity contribution in [1.29, 1.82) is 0 Å². The van der Waals surface area contributed by atoms with Crippen molar-refractivity contribution >= 4 is 5.97 Å². The fourth-order valence-electron chi connectivity index (χ4n) is 1.72. The smallest absolute Gasteiger partial charge is 0.327 e. The van der Waals surface area contributed by atoms with Gasteiger partial charge in [0.25, 0.3) is 0 Å². The summed E-state index contributed by atoms with van der Waals surface area (Å²) in [7, 11) is 0. The van der Waals surface area contributed by atoms with Gasteiger partial charge in [-0.05, 0) is 18.8 Å². The van der Waals surface area contributed by atoms with Crippen LogP contribution in [0.15, 0.2) is 12.2 Å². The molecule has 0 aliphatic heterocycles. The lowest BCUT2D eigenvalue weighted by molar-refractivity contribution is -0.131. The van der Waals surface area contributed by atoms with Gasteiger partial charge in [-0.25, -0.2) is 4.79 Å². The van der Waals surface area contributed by atoms with Crippen molar-refractivity contribution in [3.63, 3.8) is 0 Å². The number of allylic oxidation sites excluding steroid dienone is 1. The molecule has 2 heteroatoms. The van der Waals surface area contributed by atoms with Gasteiger partial charge in [-0.1, -0.05) is 31.8 Å². The normalized spacial score (nSPS) is 21.0. The fraction of sp³-hybridized carbons (Fsp3) is 0.700. The van der Waals surface area contributed by atoms with E-state index in [0.717, 1.165) is 0 Å². The summed E-state index contributed by atoms with van der Waals surface area (Å²) >= 11 is 0. The van der Waals surface area contributed by atoms with Gasteiger partial charge in [0.1, 0.15) is 0 Å². The molecule has 1 aliphatic rings. The average molecular weight is 168 g/mol. The summed E-state index contributed by atoms with van der Waals surface area (Å²) in [5.41, 5.74) is 0. The van der Waals surface area contributed by atoms with E-state index in [1.807, 2.05) is 6.08 Å². The van der Waals surface area contributed by atoms with E-state index in [4.69, 9.17) is 5.11 Å². The molecular formula is C10H16O2. The largest absolute Gasteiger partial charge is 0.478 e. The number of carboxylic acid groups (broad SMARTS) is 1. The van der Waals surface area contributed by atoms with Gasteiger partial charge < -0.3 is 5.11 Å². The van der Waals surface area contributed by atoms with E-state index >= 15 is 0 Å². The number of rotatable bonds is 2. The van der Waals surface area contributed by atoms with E-state index in [1.54, 1.807) is 0 Å². The molecule has 0 saturated heterocycles. The minimum absolute atomic E-state index is 0.517. The molecule has 1 N–H and O–H groups in total. The van der Waals surface area contributed by atoms with Crippen molar-refractivity contribution in [2.45, 2.75) is 38.5 Å². The Morgan fingerprint density at radius 1 is 1.17 bits per heavy atom. The Morgan fingerprint density at radius 2 is 1.75 bits per heavy atom. The van der Waals surface area contributed by atoms with Crippen LogP contribution in [0.2, 0.25) is 0 Å². The van der Waals surface area contributed by atoms with Crippen LogP contribution in [0.25, 0.3) is 0 Å². The third kappa shape index (κ3) is 3.56. The van der Waals surface area contributed by atoms with Gasteiger partial charge in [0.2, 0.25) is 0 Å². The molecule has 0 aromatic carbocycles. The van der Waals surface area contributed by atoms with Crippen molar-refractivity contribution in [1.82, 2.24) is 0 Å². The SMILES string of the molecule is O=C(O)/C=C/C1CCCCCC1. The zero-order valence-electron chi connectivity index (χ0n) is 7.33. The number of carbonyl (C=O) groups is 1. The molecule has 12 heavy (non-hydrogen) atoms. The predicted molar refractivity (Wildman–Crippen MR) is 48.0 cm³/mol. The van der Waals surface area contributed by atoms with E-state index in [1.165, 1.54) is 44.6 Å². The number of carboxylic acids is 1. The van der Waals surface area contributed by atoms with Crippen molar-refractivity contribution in [2.24, 2.45) is 5.92 Å². The zero-order valence-corrected chi connectivity index (χ0v) is 7.33. The average Bonchev–Trinajstić information content (AvgIpc) is 2.28. The second-order valence-electron chi connectivity index (χ2n) is 3.45. The lowest BCUT2D eigenvalue weighted by Crippen LogP contribution is -1.95. The second-order valence-corrected chi connectivity index (χ2v) is 3.45. The standard InChI is InChI=1S/C10H16O2/c11-10(12)8-7-9-5-3-1-2-4-6-9/h7-9H,1-6H2,(H,11,12)/b8-7+. The second kappa shape index (κ2) is 4.96. The Morgan fingerprint density at radius 3 is 2.25 bits per heavy atom. The molecule has 0 heterocycles. The highest BCUT2D eigenvalue weighted by molar-refractivity contribution is 5.79. The molecule has 1 rings (SSSR count). The van der Waals surface area contributed by atoms with E-state index in [0.29, 0.717) is 5.92 Å². The Labute approximate surface area is 73.3 Å². The molecule has 0 bridgehead atoms. The Kier molecular flexibility index (Phi) is 3.85. The lowest BCUT2D eigenvalue weighted by atomic mass is 10.0. The summed E-state index contributed by atoms with van der Waals surface area (Å²) in [6.07, 6.45) is 10.6. The number of hydrogen-bond donors (Lipinski definition) is 1. The minimum atomic E-state index is -0.820. The Balaban J connectivity index is 2.34. The maximum absolute atomic E-state index is 10.2. The molecule has 1 saturated carbocycles. The molecule has 0 spiro atoms. The van der Waals surface area contributed by atoms with Crippen LogP contribution in [-0.4, -0.2) is 11.1 Å². The zero-order chi connectivity index (χ0) is 8.81. The highest BCUT2D eigenvalue weighted by Gasteiger charge is 2.08. The third-order valence-electron chi connectivity index (χ3n) is 2.41. The third-order valence-corrected chi connectivity index (χ3v) is 2.41. The van der Waals surface area contributed by atoms with Gasteiger partial charge in [0, 0.05) is 6.08 Å². The van der Waals surface area contributed by atoms with E-state index in [-0.39, 0.29) is 0 Å². The Hall–Kier alpha value is -0.790. The first kappa shape index (κ1) is 9.30. The van der Waals surface area contributed by atoms with E-state index in [9.17, 15) is 4.79 Å². The van der Waals surface area contributed by atoms with Crippen molar-refractivity contribution in [3.8, 4) is 0 Å². The van der Waals surface area contributed by atoms with Crippen LogP contribution in [-0.2, 0) is 4.79 Å².